The molecule has 204 valence electrons. The van der Waals surface area contributed by atoms with Gasteiger partial charge in [0.1, 0.15) is 18.2 Å². The number of anilines is 2. The number of aromatic amines is 1. The Morgan fingerprint density at radius 3 is 2.44 bits per heavy atom. The molecule has 0 unspecified atom stereocenters. The molecule has 0 radical (unpaired) electrons. The normalized spacial score (nSPS) is 20.2. The van der Waals surface area contributed by atoms with Crippen molar-refractivity contribution in [3.05, 3.63) is 42.6 Å². The number of ether oxygens (including phenoxy) is 2. The van der Waals surface area contributed by atoms with E-state index in [1.54, 1.807) is 6.20 Å². The molecule has 1 saturated carbocycles. The Balaban J connectivity index is 1.18. The van der Waals surface area contributed by atoms with E-state index in [0.717, 1.165) is 73.5 Å². The molecule has 11 nitrogen and oxygen atoms in total. The van der Waals surface area contributed by atoms with Crippen molar-refractivity contribution in [2.24, 2.45) is 0 Å². The summed E-state index contributed by atoms with van der Waals surface area (Å²) in [6.45, 7) is 2.73. The molecule has 2 N–H and O–H groups in total. The Kier molecular flexibility index (Phi) is 6.85. The van der Waals surface area contributed by atoms with E-state index in [2.05, 4.69) is 40.3 Å². The predicted molar refractivity (Wildman–Crippen MR) is 135 cm³/mol. The lowest BCUT2D eigenvalue weighted by Gasteiger charge is -2.31. The number of hydrogen-bond acceptors (Lipinski definition) is 10. The van der Waals surface area contributed by atoms with Gasteiger partial charge in [0.2, 0.25) is 11.8 Å². The van der Waals surface area contributed by atoms with Gasteiger partial charge in [0.05, 0.1) is 29.7 Å². The molecule has 0 aromatic carbocycles. The summed E-state index contributed by atoms with van der Waals surface area (Å²) < 4.78 is 50.3. The van der Waals surface area contributed by atoms with Crippen molar-refractivity contribution in [3.63, 3.8) is 0 Å². The minimum absolute atomic E-state index is 0.0331. The van der Waals surface area contributed by atoms with Crippen LogP contribution in [0.4, 0.5) is 24.9 Å². The molecule has 39 heavy (non-hydrogen) atoms. The van der Waals surface area contributed by atoms with Crippen LogP contribution >= 0.6 is 0 Å². The second-order valence-electron chi connectivity index (χ2n) is 9.54. The molecule has 4 aromatic rings. The standard InChI is InChI=1S/C25H26F3N9O2/c26-25(27,28)16-12-30-24(31-13-16)34-17-1-3-18(4-2-17)39-23-19-9-15(22-32-14-33-36-22)11-29-20(19)10-21(35-23)37-5-7-38-8-6-37/h9-14,17-18H,1-8H2,(H,30,31,34)(H,32,33,36). The summed E-state index contributed by atoms with van der Waals surface area (Å²) in [5, 5.41) is 10.7. The van der Waals surface area contributed by atoms with Crippen molar-refractivity contribution in [2.45, 2.75) is 44.0 Å². The first-order valence-corrected chi connectivity index (χ1v) is 12.7. The van der Waals surface area contributed by atoms with Crippen molar-refractivity contribution >= 4 is 22.7 Å². The highest BCUT2D eigenvalue weighted by Crippen LogP contribution is 2.33. The Morgan fingerprint density at radius 2 is 1.74 bits per heavy atom. The van der Waals surface area contributed by atoms with Gasteiger partial charge in [0.25, 0.3) is 0 Å². The van der Waals surface area contributed by atoms with Gasteiger partial charge in [0.15, 0.2) is 5.82 Å². The van der Waals surface area contributed by atoms with E-state index in [1.807, 2.05) is 12.1 Å². The Hall–Kier alpha value is -4.07. The third-order valence-electron chi connectivity index (χ3n) is 6.92. The molecule has 0 atom stereocenters. The maximum absolute atomic E-state index is 12.8. The van der Waals surface area contributed by atoms with Gasteiger partial charge in [-0.25, -0.2) is 15.0 Å². The van der Waals surface area contributed by atoms with Crippen molar-refractivity contribution in [2.75, 3.05) is 36.5 Å². The molecular formula is C25H26F3N9O2. The smallest absolute Gasteiger partial charge is 0.419 e. The van der Waals surface area contributed by atoms with Crippen LogP contribution in [0.2, 0.25) is 0 Å². The van der Waals surface area contributed by atoms with Gasteiger partial charge in [-0.3, -0.25) is 10.1 Å². The zero-order chi connectivity index (χ0) is 26.8. The largest absolute Gasteiger partial charge is 0.474 e. The van der Waals surface area contributed by atoms with E-state index in [9.17, 15) is 13.2 Å². The molecule has 6 rings (SSSR count). The fourth-order valence-corrected chi connectivity index (χ4v) is 4.81. The van der Waals surface area contributed by atoms with Crippen molar-refractivity contribution in [3.8, 4) is 17.3 Å². The topological polar surface area (TPSA) is 127 Å². The number of hydrogen-bond donors (Lipinski definition) is 2. The maximum Gasteiger partial charge on any atom is 0.419 e. The van der Waals surface area contributed by atoms with E-state index in [-0.39, 0.29) is 18.1 Å². The van der Waals surface area contributed by atoms with Gasteiger partial charge in [-0.05, 0) is 31.7 Å². The zero-order valence-corrected chi connectivity index (χ0v) is 20.9. The quantitative estimate of drug-likeness (QED) is 0.372. The van der Waals surface area contributed by atoms with E-state index in [4.69, 9.17) is 14.5 Å². The summed E-state index contributed by atoms with van der Waals surface area (Å²) in [6.07, 6.45) is 3.20. The molecule has 0 spiro atoms. The van der Waals surface area contributed by atoms with Crippen LogP contribution in [0.3, 0.4) is 0 Å². The van der Waals surface area contributed by atoms with Gasteiger partial charge in [0, 0.05) is 49.4 Å². The van der Waals surface area contributed by atoms with Crippen LogP contribution in [0.1, 0.15) is 31.2 Å². The molecule has 0 bridgehead atoms. The molecule has 1 saturated heterocycles. The highest BCUT2D eigenvalue weighted by atomic mass is 19.4. The van der Waals surface area contributed by atoms with Gasteiger partial charge >= 0.3 is 6.18 Å². The zero-order valence-electron chi connectivity index (χ0n) is 20.9. The number of H-pyrrole nitrogens is 1. The second kappa shape index (κ2) is 10.6. The third kappa shape index (κ3) is 5.70. The Labute approximate surface area is 221 Å². The first kappa shape index (κ1) is 25.2. The van der Waals surface area contributed by atoms with Crippen molar-refractivity contribution in [1.29, 1.82) is 0 Å². The molecule has 0 amide bonds. The summed E-state index contributed by atoms with van der Waals surface area (Å²) in [4.78, 5) is 23.6. The highest BCUT2D eigenvalue weighted by Gasteiger charge is 2.31. The van der Waals surface area contributed by atoms with E-state index in [0.29, 0.717) is 24.9 Å². The Morgan fingerprint density at radius 1 is 0.974 bits per heavy atom. The van der Waals surface area contributed by atoms with E-state index < -0.39 is 11.7 Å². The van der Waals surface area contributed by atoms with Gasteiger partial charge in [-0.2, -0.15) is 23.3 Å². The number of rotatable bonds is 6. The van der Waals surface area contributed by atoms with E-state index in [1.165, 1.54) is 6.33 Å². The fraction of sp³-hybridized carbons (Fsp3) is 0.440. The summed E-state index contributed by atoms with van der Waals surface area (Å²) >= 11 is 0. The van der Waals surface area contributed by atoms with Crippen molar-refractivity contribution < 1.29 is 22.6 Å². The molecule has 14 heteroatoms. The molecule has 2 aliphatic rings. The molecular weight excluding hydrogens is 515 g/mol. The van der Waals surface area contributed by atoms with Gasteiger partial charge in [-0.15, -0.1) is 0 Å². The number of alkyl halides is 3. The van der Waals surface area contributed by atoms with Crippen LogP contribution in [-0.4, -0.2) is 73.6 Å². The number of aromatic nitrogens is 7. The van der Waals surface area contributed by atoms with E-state index >= 15 is 0 Å². The minimum Gasteiger partial charge on any atom is -0.474 e. The molecule has 2 fully saturated rings. The van der Waals surface area contributed by atoms with Crippen LogP contribution in [0, 0.1) is 0 Å². The number of morpholine rings is 1. The first-order valence-electron chi connectivity index (χ1n) is 12.7. The lowest BCUT2D eigenvalue weighted by atomic mass is 9.93. The van der Waals surface area contributed by atoms with Crippen LogP contribution in [0.15, 0.2) is 37.1 Å². The molecule has 1 aliphatic carbocycles. The summed E-state index contributed by atoms with van der Waals surface area (Å²) in [5.41, 5.74) is 0.667. The highest BCUT2D eigenvalue weighted by molar-refractivity contribution is 5.88. The monoisotopic (exact) mass is 541 g/mol. The predicted octanol–water partition coefficient (Wildman–Crippen LogP) is 3.86. The van der Waals surface area contributed by atoms with Crippen molar-refractivity contribution in [1.82, 2.24) is 35.1 Å². The van der Waals surface area contributed by atoms with Crippen LogP contribution in [0.25, 0.3) is 22.3 Å². The Bertz CT molecular complexity index is 1400. The average molecular weight is 542 g/mol. The first-order chi connectivity index (χ1) is 18.9. The number of fused-ring (bicyclic) bond motifs is 1. The van der Waals surface area contributed by atoms with Gasteiger partial charge in [-0.1, -0.05) is 0 Å². The summed E-state index contributed by atoms with van der Waals surface area (Å²) in [5.74, 6) is 2.08. The van der Waals surface area contributed by atoms with Crippen LogP contribution < -0.4 is 15.0 Å². The average Bonchev–Trinajstić information content (AvgIpc) is 3.49. The third-order valence-corrected chi connectivity index (χ3v) is 6.92. The van der Waals surface area contributed by atoms with Crippen LogP contribution in [-0.2, 0) is 10.9 Å². The maximum atomic E-state index is 12.8. The number of pyridine rings is 2. The number of nitrogens with zero attached hydrogens (tertiary/aromatic N) is 7. The van der Waals surface area contributed by atoms with Crippen LogP contribution in [0.5, 0.6) is 5.88 Å². The SMILES string of the molecule is FC(F)(F)c1cnc(NC2CCC(Oc3nc(N4CCOCC4)cc4ncc(-c5ncn[nH]5)cc34)CC2)nc1. The molecule has 1 aliphatic heterocycles. The minimum atomic E-state index is -4.46. The van der Waals surface area contributed by atoms with Gasteiger partial charge < -0.3 is 19.7 Å². The summed E-state index contributed by atoms with van der Waals surface area (Å²) in [7, 11) is 0. The molecule has 4 aromatic heterocycles. The lowest BCUT2D eigenvalue weighted by Crippen LogP contribution is -2.37. The summed E-state index contributed by atoms with van der Waals surface area (Å²) in [6, 6.07) is 3.94. The number of nitrogens with one attached hydrogen (secondary N) is 2. The second-order valence-corrected chi connectivity index (χ2v) is 9.54. The lowest BCUT2D eigenvalue weighted by molar-refractivity contribution is -0.138. The molecule has 5 heterocycles. The fourth-order valence-electron chi connectivity index (χ4n) is 4.81. The number of halogens is 3.